The van der Waals surface area contributed by atoms with Crippen LogP contribution in [-0.4, -0.2) is 8.42 Å². The van der Waals surface area contributed by atoms with Crippen molar-refractivity contribution < 1.29 is 13.2 Å². The van der Waals surface area contributed by atoms with E-state index in [1.165, 1.54) is 6.07 Å². The molecule has 0 unspecified atom stereocenters. The maximum absolute atomic E-state index is 11.0. The highest BCUT2D eigenvalue weighted by atomic mass is 32.2. The Morgan fingerprint density at radius 2 is 1.89 bits per heavy atom. The maximum atomic E-state index is 11.0. The second-order valence-corrected chi connectivity index (χ2v) is 4.82. The van der Waals surface area contributed by atoms with Crippen molar-refractivity contribution in [3.63, 3.8) is 0 Å². The summed E-state index contributed by atoms with van der Waals surface area (Å²) in [6, 6.07) is 15.5. The van der Waals surface area contributed by atoms with Crippen molar-refractivity contribution in [2.45, 2.75) is 11.5 Å². The summed E-state index contributed by atoms with van der Waals surface area (Å²) in [5, 5.41) is 8.79. The molecule has 4 nitrogen and oxygen atoms in total. The summed E-state index contributed by atoms with van der Waals surface area (Å²) in [6.45, 7) is 0.218. The van der Waals surface area contributed by atoms with Gasteiger partial charge in [-0.15, -0.1) is 0 Å². The van der Waals surface area contributed by atoms with Crippen LogP contribution in [0.25, 0.3) is 0 Å². The van der Waals surface area contributed by atoms with Gasteiger partial charge in [0.2, 0.25) is 0 Å². The molecule has 96 valence electrons. The van der Waals surface area contributed by atoms with Gasteiger partial charge in [-0.1, -0.05) is 24.3 Å². The number of para-hydroxylation sites is 1. The molecule has 0 radical (unpaired) electrons. The van der Waals surface area contributed by atoms with Crippen molar-refractivity contribution in [3.8, 4) is 11.8 Å². The molecule has 0 amide bonds. The van der Waals surface area contributed by atoms with Gasteiger partial charge < -0.3 is 4.74 Å². The summed E-state index contributed by atoms with van der Waals surface area (Å²) in [4.78, 5) is 0.161. The molecule has 19 heavy (non-hydrogen) atoms. The lowest BCUT2D eigenvalue weighted by Gasteiger charge is -2.08. The van der Waals surface area contributed by atoms with E-state index in [4.69, 9.17) is 10.00 Å². The zero-order valence-electron chi connectivity index (χ0n) is 9.95. The third-order valence-corrected chi connectivity index (χ3v) is 3.28. The Hall–Kier alpha value is -2.32. The Labute approximate surface area is 112 Å². The highest BCUT2D eigenvalue weighted by Crippen LogP contribution is 2.20. The van der Waals surface area contributed by atoms with Crippen molar-refractivity contribution in [2.75, 3.05) is 0 Å². The second kappa shape index (κ2) is 6.03. The van der Waals surface area contributed by atoms with Gasteiger partial charge in [-0.3, -0.25) is 0 Å². The van der Waals surface area contributed by atoms with Crippen LogP contribution >= 0.6 is 0 Å². The van der Waals surface area contributed by atoms with E-state index in [-0.39, 0.29) is 11.5 Å². The quantitative estimate of drug-likeness (QED) is 0.866. The molecular formula is C14H11NO3S. The average Bonchev–Trinajstić information content (AvgIpc) is 2.45. The van der Waals surface area contributed by atoms with E-state index in [9.17, 15) is 8.42 Å². The fraction of sp³-hybridized carbons (Fsp3) is 0.0714. The van der Waals surface area contributed by atoms with E-state index in [0.717, 1.165) is 5.56 Å². The second-order valence-electron chi connectivity index (χ2n) is 3.83. The van der Waals surface area contributed by atoms with Gasteiger partial charge in [0.15, 0.2) is 10.7 Å². The molecule has 0 aliphatic heterocycles. The number of benzene rings is 2. The van der Waals surface area contributed by atoms with E-state index in [0.29, 0.717) is 11.3 Å². The monoisotopic (exact) mass is 273 g/mol. The molecule has 0 bridgehead atoms. The van der Waals surface area contributed by atoms with Crippen molar-refractivity contribution in [1.29, 1.82) is 5.26 Å². The normalized spacial score (nSPS) is 10.1. The van der Waals surface area contributed by atoms with Gasteiger partial charge in [-0.25, -0.2) is 8.42 Å². The summed E-state index contributed by atoms with van der Waals surface area (Å²) >= 11 is 0. The van der Waals surface area contributed by atoms with Crippen LogP contribution in [0.5, 0.6) is 5.75 Å². The predicted molar refractivity (Wildman–Crippen MR) is 70.5 cm³/mol. The Morgan fingerprint density at radius 3 is 2.63 bits per heavy atom. The highest BCUT2D eigenvalue weighted by molar-refractivity contribution is 7.72. The van der Waals surface area contributed by atoms with Crippen LogP contribution in [0.4, 0.5) is 0 Å². The molecule has 0 aromatic heterocycles. The molecule has 0 aliphatic carbocycles. The lowest BCUT2D eigenvalue weighted by molar-refractivity contribution is 0.298. The lowest BCUT2D eigenvalue weighted by atomic mass is 10.1. The van der Waals surface area contributed by atoms with E-state index < -0.39 is 10.7 Å². The van der Waals surface area contributed by atoms with Crippen molar-refractivity contribution in [2.24, 2.45) is 0 Å². The molecular weight excluding hydrogens is 262 g/mol. The lowest BCUT2D eigenvalue weighted by Crippen LogP contribution is -1.98. The molecule has 2 aromatic carbocycles. The van der Waals surface area contributed by atoms with E-state index in [1.807, 2.05) is 12.1 Å². The summed E-state index contributed by atoms with van der Waals surface area (Å²) in [5.41, 5.74) is 1.36. The largest absolute Gasteiger partial charge is 0.488 e. The van der Waals surface area contributed by atoms with Crippen LogP contribution in [0, 0.1) is 11.3 Å². The molecule has 5 heteroatoms. The molecule has 0 saturated carbocycles. The fourth-order valence-electron chi connectivity index (χ4n) is 1.62. The summed E-state index contributed by atoms with van der Waals surface area (Å²) < 4.78 is 27.6. The van der Waals surface area contributed by atoms with E-state index >= 15 is 0 Å². The maximum Gasteiger partial charge on any atom is 0.171 e. The predicted octanol–water partition coefficient (Wildman–Crippen LogP) is 2.11. The van der Waals surface area contributed by atoms with Crippen LogP contribution in [0.15, 0.2) is 53.4 Å². The minimum absolute atomic E-state index is 0.161. The Morgan fingerprint density at radius 1 is 1.11 bits per heavy atom. The number of hydrogen-bond acceptors (Lipinski definition) is 4. The van der Waals surface area contributed by atoms with Gasteiger partial charge in [-0.05, 0) is 29.8 Å². The Kier molecular flexibility index (Phi) is 4.16. The SMILES string of the molecule is N#Cc1cccc(COc2ccccc2[SH](=O)=O)c1. The molecule has 0 fully saturated rings. The minimum atomic E-state index is -2.68. The van der Waals surface area contributed by atoms with Crippen LogP contribution < -0.4 is 4.74 Å². The average molecular weight is 273 g/mol. The van der Waals surface area contributed by atoms with E-state index in [1.54, 1.807) is 36.4 Å². The molecule has 0 atom stereocenters. The zero-order chi connectivity index (χ0) is 13.7. The minimum Gasteiger partial charge on any atom is -0.488 e. The molecule has 0 N–H and O–H groups in total. The zero-order valence-corrected chi connectivity index (χ0v) is 10.8. The third-order valence-electron chi connectivity index (χ3n) is 2.51. The van der Waals surface area contributed by atoms with Crippen LogP contribution in [0.3, 0.4) is 0 Å². The summed E-state index contributed by atoms with van der Waals surface area (Å²) in [6.07, 6.45) is 0. The first-order chi connectivity index (χ1) is 9.20. The van der Waals surface area contributed by atoms with Gasteiger partial charge in [-0.2, -0.15) is 5.26 Å². The Balaban J connectivity index is 2.17. The first-order valence-electron chi connectivity index (χ1n) is 5.56. The number of rotatable bonds is 4. The fourth-order valence-corrected chi connectivity index (χ4v) is 2.15. The van der Waals surface area contributed by atoms with Crippen molar-refractivity contribution in [3.05, 3.63) is 59.7 Å². The van der Waals surface area contributed by atoms with Gasteiger partial charge >= 0.3 is 0 Å². The Bertz CT molecular complexity index is 694. The van der Waals surface area contributed by atoms with Crippen molar-refractivity contribution >= 4 is 10.7 Å². The number of nitriles is 1. The van der Waals surface area contributed by atoms with Gasteiger partial charge in [0.05, 0.1) is 11.6 Å². The summed E-state index contributed by atoms with van der Waals surface area (Å²) in [5.74, 6) is 0.320. The van der Waals surface area contributed by atoms with Crippen LogP contribution in [-0.2, 0) is 17.3 Å². The molecule has 0 heterocycles. The molecule has 2 rings (SSSR count). The smallest absolute Gasteiger partial charge is 0.171 e. The van der Waals surface area contributed by atoms with Gasteiger partial charge in [0, 0.05) is 0 Å². The van der Waals surface area contributed by atoms with Crippen LogP contribution in [0.2, 0.25) is 0 Å². The standard InChI is InChI=1S/C14H11NO3S/c15-9-11-4-3-5-12(8-11)10-18-13-6-1-2-7-14(13)19(16)17/h1-8,19H,10H2. The topological polar surface area (TPSA) is 67.2 Å². The first kappa shape index (κ1) is 13.1. The highest BCUT2D eigenvalue weighted by Gasteiger charge is 2.05. The van der Waals surface area contributed by atoms with Crippen molar-refractivity contribution in [1.82, 2.24) is 0 Å². The molecule has 2 aromatic rings. The van der Waals surface area contributed by atoms with Gasteiger partial charge in [0.25, 0.3) is 0 Å². The first-order valence-corrected chi connectivity index (χ1v) is 6.73. The number of hydrogen-bond donors (Lipinski definition) is 1. The number of thiol groups is 1. The number of nitrogens with zero attached hydrogens (tertiary/aromatic N) is 1. The van der Waals surface area contributed by atoms with E-state index in [2.05, 4.69) is 0 Å². The third kappa shape index (κ3) is 3.33. The molecule has 0 saturated heterocycles. The number of ether oxygens (including phenoxy) is 1. The van der Waals surface area contributed by atoms with Gasteiger partial charge in [0.1, 0.15) is 17.3 Å². The summed E-state index contributed by atoms with van der Waals surface area (Å²) in [7, 11) is -2.68. The van der Waals surface area contributed by atoms with Crippen LogP contribution in [0.1, 0.15) is 11.1 Å². The molecule has 0 aliphatic rings. The molecule has 0 spiro atoms.